The van der Waals surface area contributed by atoms with Gasteiger partial charge in [0.25, 0.3) is 0 Å². The Morgan fingerprint density at radius 1 is 1.36 bits per heavy atom. The average molecular weight is 339 g/mol. The normalized spacial score (nSPS) is 15.5. The minimum Gasteiger partial charge on any atom is -0.353 e. The third kappa shape index (κ3) is 4.26. The van der Waals surface area contributed by atoms with Gasteiger partial charge in [0, 0.05) is 57.4 Å². The van der Waals surface area contributed by atoms with Crippen LogP contribution in [-0.2, 0) is 6.54 Å². The maximum atomic E-state index is 12.4. The molecule has 2 amide bonds. The molecule has 8 heteroatoms. The zero-order chi connectivity index (χ0) is 17.6. The number of nitrogens with one attached hydrogen (secondary N) is 1. The summed E-state index contributed by atoms with van der Waals surface area (Å²) in [6.07, 6.45) is 6.99. The number of pyridine rings is 1. The van der Waals surface area contributed by atoms with Gasteiger partial charge in [-0.1, -0.05) is 0 Å². The van der Waals surface area contributed by atoms with Crippen LogP contribution in [0.4, 0.5) is 10.6 Å². The quantitative estimate of drug-likeness (QED) is 0.900. The van der Waals surface area contributed by atoms with Crippen molar-refractivity contribution < 1.29 is 4.79 Å². The van der Waals surface area contributed by atoms with E-state index in [2.05, 4.69) is 26.3 Å². The predicted molar refractivity (Wildman–Crippen MR) is 93.0 cm³/mol. The number of nitrogens with zero attached hydrogens (tertiary/aromatic N) is 6. The molecule has 3 rings (SSSR count). The molecule has 0 aliphatic carbocycles. The molecule has 3 heterocycles. The number of rotatable bonds is 4. The molecule has 2 aromatic rings. The molecule has 0 bridgehead atoms. The highest BCUT2D eigenvalue weighted by Gasteiger charge is 2.22. The van der Waals surface area contributed by atoms with E-state index < -0.39 is 0 Å². The summed E-state index contributed by atoms with van der Waals surface area (Å²) in [7, 11) is 0. The Hall–Kier alpha value is -3.08. The first-order valence-electron chi connectivity index (χ1n) is 8.28. The molecule has 0 aromatic carbocycles. The SMILES string of the molecule is CC(Cn1ccnc1)NC(=O)N1CCN(c2cc(C#N)ccn2)CC1. The van der Waals surface area contributed by atoms with Crippen LogP contribution in [-0.4, -0.2) is 57.7 Å². The van der Waals surface area contributed by atoms with Crippen molar-refractivity contribution in [3.63, 3.8) is 0 Å². The molecular weight excluding hydrogens is 318 g/mol. The minimum absolute atomic E-state index is 0.0220. The van der Waals surface area contributed by atoms with Gasteiger partial charge in [-0.3, -0.25) is 0 Å². The zero-order valence-electron chi connectivity index (χ0n) is 14.2. The molecule has 1 fully saturated rings. The second kappa shape index (κ2) is 7.66. The third-order valence-corrected chi connectivity index (χ3v) is 4.18. The average Bonchev–Trinajstić information content (AvgIpc) is 3.14. The summed E-state index contributed by atoms with van der Waals surface area (Å²) in [5.41, 5.74) is 0.596. The van der Waals surface area contributed by atoms with Crippen molar-refractivity contribution >= 4 is 11.8 Å². The molecule has 1 saturated heterocycles. The van der Waals surface area contributed by atoms with E-state index in [0.717, 1.165) is 5.82 Å². The lowest BCUT2D eigenvalue weighted by atomic mass is 10.2. The molecule has 130 valence electrons. The van der Waals surface area contributed by atoms with Crippen LogP contribution in [0.2, 0.25) is 0 Å². The van der Waals surface area contributed by atoms with E-state index in [9.17, 15) is 4.79 Å². The molecule has 1 N–H and O–H groups in total. The molecule has 1 atom stereocenters. The highest BCUT2D eigenvalue weighted by molar-refractivity contribution is 5.74. The first-order valence-corrected chi connectivity index (χ1v) is 8.28. The number of imidazole rings is 1. The fourth-order valence-corrected chi connectivity index (χ4v) is 2.86. The minimum atomic E-state index is -0.0500. The van der Waals surface area contributed by atoms with Crippen LogP contribution >= 0.6 is 0 Å². The number of amides is 2. The molecule has 8 nitrogen and oxygen atoms in total. The number of carbonyl (C=O) groups excluding carboxylic acids is 1. The van der Waals surface area contributed by atoms with E-state index >= 15 is 0 Å². The second-order valence-electron chi connectivity index (χ2n) is 6.10. The summed E-state index contributed by atoms with van der Waals surface area (Å²) in [5, 5.41) is 12.0. The molecule has 1 aliphatic heterocycles. The van der Waals surface area contributed by atoms with Gasteiger partial charge in [-0.05, 0) is 19.1 Å². The fourth-order valence-electron chi connectivity index (χ4n) is 2.86. The molecule has 0 saturated carbocycles. The summed E-state index contributed by atoms with van der Waals surface area (Å²) >= 11 is 0. The number of hydrogen-bond donors (Lipinski definition) is 1. The van der Waals surface area contributed by atoms with Crippen molar-refractivity contribution in [1.82, 2.24) is 24.8 Å². The van der Waals surface area contributed by atoms with Crippen molar-refractivity contribution in [2.24, 2.45) is 0 Å². The molecule has 2 aromatic heterocycles. The fraction of sp³-hybridized carbons (Fsp3) is 0.412. The standard InChI is InChI=1S/C17H21N7O/c1-14(12-22-5-4-19-13-22)21-17(25)24-8-6-23(7-9-24)16-10-15(11-18)2-3-20-16/h2-5,10,13-14H,6-9,12H2,1H3,(H,21,25). The number of nitriles is 1. The lowest BCUT2D eigenvalue weighted by molar-refractivity contribution is 0.190. The Balaban J connectivity index is 1.49. The van der Waals surface area contributed by atoms with E-state index in [1.165, 1.54) is 0 Å². The zero-order valence-corrected chi connectivity index (χ0v) is 14.2. The number of carbonyl (C=O) groups is 1. The number of anilines is 1. The Morgan fingerprint density at radius 3 is 2.84 bits per heavy atom. The van der Waals surface area contributed by atoms with Gasteiger partial charge in [0.1, 0.15) is 5.82 Å². The van der Waals surface area contributed by atoms with Crippen molar-refractivity contribution in [2.45, 2.75) is 19.5 Å². The van der Waals surface area contributed by atoms with E-state index in [1.807, 2.05) is 22.6 Å². The van der Waals surface area contributed by atoms with Crippen molar-refractivity contribution in [1.29, 1.82) is 5.26 Å². The van der Waals surface area contributed by atoms with Gasteiger partial charge in [-0.2, -0.15) is 5.26 Å². The summed E-state index contributed by atoms with van der Waals surface area (Å²) in [4.78, 5) is 24.6. The maximum absolute atomic E-state index is 12.4. The van der Waals surface area contributed by atoms with Crippen LogP contribution in [0.3, 0.4) is 0 Å². The molecular formula is C17H21N7O. The molecule has 0 spiro atoms. The van der Waals surface area contributed by atoms with Crippen molar-refractivity contribution in [2.75, 3.05) is 31.1 Å². The van der Waals surface area contributed by atoms with E-state index in [4.69, 9.17) is 5.26 Å². The van der Waals surface area contributed by atoms with Crippen LogP contribution in [0.25, 0.3) is 0 Å². The van der Waals surface area contributed by atoms with Crippen LogP contribution in [0, 0.1) is 11.3 Å². The summed E-state index contributed by atoms with van der Waals surface area (Å²) in [6, 6.07) is 5.57. The maximum Gasteiger partial charge on any atom is 0.317 e. The summed E-state index contributed by atoms with van der Waals surface area (Å²) < 4.78 is 1.94. The lowest BCUT2D eigenvalue weighted by Crippen LogP contribution is -2.53. The number of aromatic nitrogens is 3. The van der Waals surface area contributed by atoms with Crippen LogP contribution in [0.1, 0.15) is 12.5 Å². The van der Waals surface area contributed by atoms with Gasteiger partial charge in [0.15, 0.2) is 0 Å². The predicted octanol–water partition coefficient (Wildman–Crippen LogP) is 1.07. The lowest BCUT2D eigenvalue weighted by Gasteiger charge is -2.36. The number of urea groups is 1. The Kier molecular flexibility index (Phi) is 5.14. The Labute approximate surface area is 146 Å². The first kappa shape index (κ1) is 16.8. The number of piperazine rings is 1. The molecule has 1 unspecified atom stereocenters. The summed E-state index contributed by atoms with van der Waals surface area (Å²) in [5.74, 6) is 0.785. The van der Waals surface area contributed by atoms with E-state index in [1.54, 1.807) is 30.9 Å². The van der Waals surface area contributed by atoms with Crippen molar-refractivity contribution in [3.05, 3.63) is 42.6 Å². The molecule has 1 aliphatic rings. The Bertz CT molecular complexity index is 745. The van der Waals surface area contributed by atoms with Gasteiger partial charge in [0.2, 0.25) is 0 Å². The smallest absolute Gasteiger partial charge is 0.317 e. The van der Waals surface area contributed by atoms with E-state index in [0.29, 0.717) is 38.3 Å². The van der Waals surface area contributed by atoms with Gasteiger partial charge >= 0.3 is 6.03 Å². The largest absolute Gasteiger partial charge is 0.353 e. The molecule has 25 heavy (non-hydrogen) atoms. The molecule has 0 radical (unpaired) electrons. The van der Waals surface area contributed by atoms with E-state index in [-0.39, 0.29) is 12.1 Å². The van der Waals surface area contributed by atoms with Gasteiger partial charge in [0.05, 0.1) is 18.0 Å². The van der Waals surface area contributed by atoms with Crippen molar-refractivity contribution in [3.8, 4) is 6.07 Å². The van der Waals surface area contributed by atoms with Crippen LogP contribution in [0.5, 0.6) is 0 Å². The number of hydrogen-bond acceptors (Lipinski definition) is 5. The van der Waals surface area contributed by atoms with Gasteiger partial charge in [-0.25, -0.2) is 14.8 Å². The van der Waals surface area contributed by atoms with Crippen LogP contribution in [0.15, 0.2) is 37.1 Å². The van der Waals surface area contributed by atoms with Gasteiger partial charge < -0.3 is 19.7 Å². The topological polar surface area (TPSA) is 90.1 Å². The van der Waals surface area contributed by atoms with Crippen LogP contribution < -0.4 is 10.2 Å². The third-order valence-electron chi connectivity index (χ3n) is 4.18. The first-order chi connectivity index (χ1) is 12.2. The highest BCUT2D eigenvalue weighted by Crippen LogP contribution is 2.14. The Morgan fingerprint density at radius 2 is 2.16 bits per heavy atom. The highest BCUT2D eigenvalue weighted by atomic mass is 16.2. The van der Waals surface area contributed by atoms with Gasteiger partial charge in [-0.15, -0.1) is 0 Å². The second-order valence-corrected chi connectivity index (χ2v) is 6.10. The monoisotopic (exact) mass is 339 g/mol. The summed E-state index contributed by atoms with van der Waals surface area (Å²) in [6.45, 7) is 5.32.